The Labute approximate surface area is 120 Å². The molecule has 0 saturated carbocycles. The van der Waals surface area contributed by atoms with Crippen LogP contribution >= 0.6 is 11.3 Å². The molecular formula is C17H25NS. The highest BCUT2D eigenvalue weighted by molar-refractivity contribution is 7.17. The minimum absolute atomic E-state index is 0.161. The molecular weight excluding hydrogens is 250 g/mol. The summed E-state index contributed by atoms with van der Waals surface area (Å²) >= 11 is 1.80. The van der Waals surface area contributed by atoms with Crippen molar-refractivity contribution >= 4 is 21.4 Å². The van der Waals surface area contributed by atoms with Crippen LogP contribution < -0.4 is 5.73 Å². The second-order valence-corrected chi connectivity index (χ2v) is 7.81. The molecule has 2 aromatic rings. The highest BCUT2D eigenvalue weighted by Crippen LogP contribution is 2.34. The maximum atomic E-state index is 6.43. The highest BCUT2D eigenvalue weighted by atomic mass is 32.1. The number of rotatable bonds is 4. The molecule has 2 atom stereocenters. The molecule has 2 rings (SSSR count). The van der Waals surface area contributed by atoms with Crippen molar-refractivity contribution in [1.29, 1.82) is 0 Å². The van der Waals surface area contributed by atoms with E-state index < -0.39 is 0 Å². The molecule has 0 fully saturated rings. The highest BCUT2D eigenvalue weighted by Gasteiger charge is 2.19. The summed E-state index contributed by atoms with van der Waals surface area (Å²) in [7, 11) is 0. The molecule has 0 spiro atoms. The van der Waals surface area contributed by atoms with Gasteiger partial charge in [0.05, 0.1) is 0 Å². The van der Waals surface area contributed by atoms with Gasteiger partial charge in [0, 0.05) is 10.7 Å². The van der Waals surface area contributed by atoms with Gasteiger partial charge in [-0.15, -0.1) is 11.3 Å². The number of hydrogen-bond donors (Lipinski definition) is 1. The minimum atomic E-state index is 0.161. The third kappa shape index (κ3) is 3.80. The zero-order valence-corrected chi connectivity index (χ0v) is 13.3. The van der Waals surface area contributed by atoms with Gasteiger partial charge in [0.2, 0.25) is 0 Å². The fourth-order valence-corrected chi connectivity index (χ4v) is 4.00. The van der Waals surface area contributed by atoms with Gasteiger partial charge in [-0.05, 0) is 46.6 Å². The fraction of sp³-hybridized carbons (Fsp3) is 0.529. The molecule has 1 heterocycles. The molecule has 0 aliphatic rings. The SMILES string of the molecule is CC(CC(N)c1csc2ccccc12)CC(C)(C)C. The lowest BCUT2D eigenvalue weighted by atomic mass is 9.82. The summed E-state index contributed by atoms with van der Waals surface area (Å²) in [6.07, 6.45) is 2.29. The lowest BCUT2D eigenvalue weighted by molar-refractivity contribution is 0.286. The number of benzene rings is 1. The van der Waals surface area contributed by atoms with Crippen molar-refractivity contribution in [1.82, 2.24) is 0 Å². The molecule has 0 radical (unpaired) electrons. The Hall–Kier alpha value is -0.860. The van der Waals surface area contributed by atoms with E-state index in [9.17, 15) is 0 Å². The number of nitrogens with two attached hydrogens (primary N) is 1. The van der Waals surface area contributed by atoms with E-state index in [4.69, 9.17) is 5.73 Å². The first-order valence-corrected chi connectivity index (χ1v) is 7.96. The van der Waals surface area contributed by atoms with Gasteiger partial charge >= 0.3 is 0 Å². The summed E-state index contributed by atoms with van der Waals surface area (Å²) in [6, 6.07) is 8.72. The molecule has 0 bridgehead atoms. The second kappa shape index (κ2) is 5.64. The van der Waals surface area contributed by atoms with Crippen LogP contribution in [0, 0.1) is 11.3 Å². The zero-order valence-electron chi connectivity index (χ0n) is 12.4. The van der Waals surface area contributed by atoms with Crippen molar-refractivity contribution < 1.29 is 0 Å². The van der Waals surface area contributed by atoms with E-state index in [1.54, 1.807) is 11.3 Å². The molecule has 0 aliphatic carbocycles. The predicted octanol–water partition coefficient (Wildman–Crippen LogP) is 5.36. The van der Waals surface area contributed by atoms with Gasteiger partial charge in [0.1, 0.15) is 0 Å². The van der Waals surface area contributed by atoms with Crippen LogP contribution in [0.3, 0.4) is 0 Å². The molecule has 2 N–H and O–H groups in total. The van der Waals surface area contributed by atoms with Gasteiger partial charge in [0.25, 0.3) is 0 Å². The van der Waals surface area contributed by atoms with Crippen LogP contribution in [0.1, 0.15) is 52.1 Å². The Balaban J connectivity index is 2.10. The lowest BCUT2D eigenvalue weighted by Crippen LogP contribution is -2.17. The first-order valence-electron chi connectivity index (χ1n) is 7.08. The van der Waals surface area contributed by atoms with Crippen LogP contribution in [-0.2, 0) is 0 Å². The molecule has 1 aromatic carbocycles. The van der Waals surface area contributed by atoms with Crippen molar-refractivity contribution in [2.75, 3.05) is 0 Å². The molecule has 1 nitrogen and oxygen atoms in total. The molecule has 0 aliphatic heterocycles. The maximum Gasteiger partial charge on any atom is 0.0346 e. The summed E-state index contributed by atoms with van der Waals surface area (Å²) in [5.74, 6) is 0.661. The van der Waals surface area contributed by atoms with Crippen molar-refractivity contribution in [2.45, 2.75) is 46.6 Å². The number of thiophene rings is 1. The van der Waals surface area contributed by atoms with Crippen molar-refractivity contribution in [3.05, 3.63) is 35.2 Å². The topological polar surface area (TPSA) is 26.0 Å². The maximum absolute atomic E-state index is 6.43. The van der Waals surface area contributed by atoms with Gasteiger partial charge < -0.3 is 5.73 Å². The Morgan fingerprint density at radius 3 is 2.58 bits per heavy atom. The first-order chi connectivity index (χ1) is 8.87. The van der Waals surface area contributed by atoms with Crippen molar-refractivity contribution in [3.63, 3.8) is 0 Å². The minimum Gasteiger partial charge on any atom is -0.324 e. The average Bonchev–Trinajstić information content (AvgIpc) is 2.69. The zero-order chi connectivity index (χ0) is 14.0. The quantitative estimate of drug-likeness (QED) is 0.798. The molecule has 0 amide bonds. The van der Waals surface area contributed by atoms with Crippen molar-refractivity contribution in [3.8, 4) is 0 Å². The number of hydrogen-bond acceptors (Lipinski definition) is 2. The predicted molar refractivity (Wildman–Crippen MR) is 86.6 cm³/mol. The van der Waals surface area contributed by atoms with E-state index in [0.717, 1.165) is 6.42 Å². The monoisotopic (exact) mass is 275 g/mol. The molecule has 1 aromatic heterocycles. The van der Waals surface area contributed by atoms with Crippen LogP contribution in [0.15, 0.2) is 29.6 Å². The Kier molecular flexibility index (Phi) is 4.32. The summed E-state index contributed by atoms with van der Waals surface area (Å²) in [6.45, 7) is 9.22. The Bertz CT molecular complexity index is 535. The van der Waals surface area contributed by atoms with Crippen LogP contribution in [0.2, 0.25) is 0 Å². The fourth-order valence-electron chi connectivity index (χ4n) is 2.97. The van der Waals surface area contributed by atoms with Crippen molar-refractivity contribution in [2.24, 2.45) is 17.1 Å². The van der Waals surface area contributed by atoms with E-state index >= 15 is 0 Å². The lowest BCUT2D eigenvalue weighted by Gasteiger charge is -2.25. The molecule has 0 saturated heterocycles. The molecule has 19 heavy (non-hydrogen) atoms. The summed E-state index contributed by atoms with van der Waals surface area (Å²) < 4.78 is 1.34. The summed E-state index contributed by atoms with van der Waals surface area (Å²) in [5, 5.41) is 3.57. The van der Waals surface area contributed by atoms with Crippen LogP contribution in [0.4, 0.5) is 0 Å². The standard InChI is InChI=1S/C17H25NS/c1-12(10-17(2,3)4)9-15(18)14-11-19-16-8-6-5-7-13(14)16/h5-8,11-12,15H,9-10,18H2,1-4H3. The molecule has 104 valence electrons. The number of fused-ring (bicyclic) bond motifs is 1. The normalized spacial score (nSPS) is 15.6. The van der Waals surface area contributed by atoms with E-state index in [2.05, 4.69) is 57.3 Å². The van der Waals surface area contributed by atoms with Crippen LogP contribution in [0.5, 0.6) is 0 Å². The van der Waals surface area contributed by atoms with Gasteiger partial charge in [0.15, 0.2) is 0 Å². The smallest absolute Gasteiger partial charge is 0.0346 e. The molecule has 2 unspecified atom stereocenters. The van der Waals surface area contributed by atoms with Gasteiger partial charge in [-0.1, -0.05) is 45.9 Å². The van der Waals surface area contributed by atoms with E-state index in [1.165, 1.54) is 22.1 Å². The summed E-state index contributed by atoms with van der Waals surface area (Å²) in [5.41, 5.74) is 8.14. The Morgan fingerprint density at radius 2 is 1.89 bits per heavy atom. The van der Waals surface area contributed by atoms with Gasteiger partial charge in [-0.3, -0.25) is 0 Å². The largest absolute Gasteiger partial charge is 0.324 e. The van der Waals surface area contributed by atoms with Gasteiger partial charge in [-0.25, -0.2) is 0 Å². The Morgan fingerprint density at radius 1 is 1.21 bits per heavy atom. The van der Waals surface area contributed by atoms with E-state index in [1.807, 2.05) is 0 Å². The average molecular weight is 275 g/mol. The first kappa shape index (κ1) is 14.5. The third-order valence-electron chi connectivity index (χ3n) is 3.53. The van der Waals surface area contributed by atoms with E-state index in [-0.39, 0.29) is 6.04 Å². The van der Waals surface area contributed by atoms with E-state index in [0.29, 0.717) is 11.3 Å². The van der Waals surface area contributed by atoms with Crippen LogP contribution in [0.25, 0.3) is 10.1 Å². The van der Waals surface area contributed by atoms with Crippen LogP contribution in [-0.4, -0.2) is 0 Å². The summed E-state index contributed by atoms with van der Waals surface area (Å²) in [4.78, 5) is 0. The second-order valence-electron chi connectivity index (χ2n) is 6.90. The van der Waals surface area contributed by atoms with Gasteiger partial charge in [-0.2, -0.15) is 0 Å². The third-order valence-corrected chi connectivity index (χ3v) is 4.51. The molecule has 2 heteroatoms.